The summed E-state index contributed by atoms with van der Waals surface area (Å²) in [6.45, 7) is 0.134. The number of rotatable bonds is 8. The van der Waals surface area contributed by atoms with E-state index in [2.05, 4.69) is 10.0 Å². The Balaban J connectivity index is 1.70. The Bertz CT molecular complexity index is 1170. The van der Waals surface area contributed by atoms with Crippen LogP contribution in [-0.4, -0.2) is 28.0 Å². The predicted molar refractivity (Wildman–Crippen MR) is 118 cm³/mol. The van der Waals surface area contributed by atoms with Gasteiger partial charge >= 0.3 is 0 Å². The van der Waals surface area contributed by atoms with Gasteiger partial charge in [0.2, 0.25) is 10.0 Å². The second-order valence-electron chi connectivity index (χ2n) is 6.60. The first-order valence-corrected chi connectivity index (χ1v) is 11.1. The van der Waals surface area contributed by atoms with Crippen LogP contribution in [0.1, 0.15) is 15.9 Å². The Kier molecular flexibility index (Phi) is 7.27. The van der Waals surface area contributed by atoms with Gasteiger partial charge in [0, 0.05) is 17.3 Å². The number of nitrogens with one attached hydrogen (secondary N) is 2. The third kappa shape index (κ3) is 6.04. The van der Waals surface area contributed by atoms with Gasteiger partial charge in [-0.1, -0.05) is 23.7 Å². The topological polar surface area (TPSA) is 84.5 Å². The number of methoxy groups -OCH3 is 1. The fourth-order valence-corrected chi connectivity index (χ4v) is 3.97. The Morgan fingerprint density at radius 3 is 2.35 bits per heavy atom. The maximum absolute atomic E-state index is 14.2. The van der Waals surface area contributed by atoms with Crippen molar-refractivity contribution < 1.29 is 22.3 Å². The standard InChI is InChI=1S/C22H20ClFN2O4S/c1-30-18-8-6-17(7-9-18)26-22(27)20-14-19(10-11-21(20)24)31(28,29)25-13-12-15-2-4-16(23)5-3-15/h2-11,14,25H,12-13H2,1H3,(H,26,27). The lowest BCUT2D eigenvalue weighted by Crippen LogP contribution is -2.26. The average Bonchev–Trinajstić information content (AvgIpc) is 2.75. The number of amides is 1. The Labute approximate surface area is 185 Å². The molecule has 0 radical (unpaired) electrons. The van der Waals surface area contributed by atoms with Crippen molar-refractivity contribution in [3.05, 3.63) is 88.7 Å². The number of ether oxygens (including phenoxy) is 1. The van der Waals surface area contributed by atoms with Crippen LogP contribution >= 0.6 is 11.6 Å². The van der Waals surface area contributed by atoms with E-state index in [1.54, 1.807) is 48.5 Å². The molecule has 3 aromatic carbocycles. The molecule has 0 saturated carbocycles. The summed E-state index contributed by atoms with van der Waals surface area (Å²) in [6, 6.07) is 16.6. The molecule has 0 heterocycles. The smallest absolute Gasteiger partial charge is 0.258 e. The van der Waals surface area contributed by atoms with Gasteiger partial charge < -0.3 is 10.1 Å². The molecule has 2 N–H and O–H groups in total. The Morgan fingerprint density at radius 2 is 1.71 bits per heavy atom. The molecule has 0 atom stereocenters. The van der Waals surface area contributed by atoms with Gasteiger partial charge in [-0.2, -0.15) is 0 Å². The monoisotopic (exact) mass is 462 g/mol. The van der Waals surface area contributed by atoms with Crippen molar-refractivity contribution in [3.63, 3.8) is 0 Å². The minimum absolute atomic E-state index is 0.134. The number of benzene rings is 3. The Hall–Kier alpha value is -2.94. The van der Waals surface area contributed by atoms with E-state index in [1.807, 2.05) is 0 Å². The first-order valence-electron chi connectivity index (χ1n) is 9.27. The number of carbonyl (C=O) groups is 1. The summed E-state index contributed by atoms with van der Waals surface area (Å²) in [5.74, 6) is -0.992. The lowest BCUT2D eigenvalue weighted by atomic mass is 10.2. The van der Waals surface area contributed by atoms with E-state index >= 15 is 0 Å². The fourth-order valence-electron chi connectivity index (χ4n) is 2.78. The molecule has 0 saturated heterocycles. The number of anilines is 1. The molecule has 1 amide bonds. The fraction of sp³-hybridized carbons (Fsp3) is 0.136. The zero-order chi connectivity index (χ0) is 22.4. The molecule has 0 spiro atoms. The molecule has 0 bridgehead atoms. The molecular weight excluding hydrogens is 443 g/mol. The quantitative estimate of drug-likeness (QED) is 0.524. The molecule has 0 unspecified atom stereocenters. The highest BCUT2D eigenvalue weighted by molar-refractivity contribution is 7.89. The second-order valence-corrected chi connectivity index (χ2v) is 8.80. The maximum atomic E-state index is 14.2. The van der Waals surface area contributed by atoms with E-state index in [1.165, 1.54) is 7.11 Å². The highest BCUT2D eigenvalue weighted by Crippen LogP contribution is 2.19. The van der Waals surface area contributed by atoms with Crippen LogP contribution < -0.4 is 14.8 Å². The number of halogens is 2. The third-order valence-electron chi connectivity index (χ3n) is 4.46. The van der Waals surface area contributed by atoms with Gasteiger partial charge in [0.1, 0.15) is 11.6 Å². The molecular formula is C22H20ClFN2O4S. The molecule has 31 heavy (non-hydrogen) atoms. The van der Waals surface area contributed by atoms with E-state index in [0.717, 1.165) is 23.8 Å². The van der Waals surface area contributed by atoms with Crippen molar-refractivity contribution in [3.8, 4) is 5.75 Å². The summed E-state index contributed by atoms with van der Waals surface area (Å²) in [6.07, 6.45) is 0.447. The first kappa shape index (κ1) is 22.7. The van der Waals surface area contributed by atoms with Crippen molar-refractivity contribution in [2.24, 2.45) is 0 Å². The van der Waals surface area contributed by atoms with Crippen molar-refractivity contribution in [1.82, 2.24) is 4.72 Å². The lowest BCUT2D eigenvalue weighted by molar-refractivity contribution is 0.102. The van der Waals surface area contributed by atoms with Crippen molar-refractivity contribution in [2.45, 2.75) is 11.3 Å². The largest absolute Gasteiger partial charge is 0.497 e. The number of sulfonamides is 1. The molecule has 0 aliphatic rings. The lowest BCUT2D eigenvalue weighted by Gasteiger charge is -2.10. The first-order chi connectivity index (χ1) is 14.8. The molecule has 0 aliphatic heterocycles. The van der Waals surface area contributed by atoms with Crippen LogP contribution in [0.15, 0.2) is 71.6 Å². The third-order valence-corrected chi connectivity index (χ3v) is 6.17. The van der Waals surface area contributed by atoms with Crippen LogP contribution in [0.4, 0.5) is 10.1 Å². The van der Waals surface area contributed by atoms with E-state index in [9.17, 15) is 17.6 Å². The average molecular weight is 463 g/mol. The normalized spacial score (nSPS) is 11.2. The van der Waals surface area contributed by atoms with Crippen molar-refractivity contribution in [2.75, 3.05) is 19.0 Å². The predicted octanol–water partition coefficient (Wildman–Crippen LogP) is 4.26. The van der Waals surface area contributed by atoms with E-state index < -0.39 is 21.7 Å². The van der Waals surface area contributed by atoms with Crippen LogP contribution in [0.3, 0.4) is 0 Å². The zero-order valence-corrected chi connectivity index (χ0v) is 18.1. The summed E-state index contributed by atoms with van der Waals surface area (Å²) in [5.41, 5.74) is 0.946. The van der Waals surface area contributed by atoms with Gasteiger partial charge in [-0.15, -0.1) is 0 Å². The number of hydrogen-bond donors (Lipinski definition) is 2. The summed E-state index contributed by atoms with van der Waals surface area (Å²) < 4.78 is 46.9. The zero-order valence-electron chi connectivity index (χ0n) is 16.6. The van der Waals surface area contributed by atoms with Crippen LogP contribution in [0.5, 0.6) is 5.75 Å². The molecule has 0 aromatic heterocycles. The SMILES string of the molecule is COc1ccc(NC(=O)c2cc(S(=O)(=O)NCCc3ccc(Cl)cc3)ccc2F)cc1. The van der Waals surface area contributed by atoms with Crippen molar-refractivity contribution >= 4 is 33.2 Å². The highest BCUT2D eigenvalue weighted by atomic mass is 35.5. The minimum Gasteiger partial charge on any atom is -0.497 e. The van der Waals surface area contributed by atoms with Crippen LogP contribution in [0.25, 0.3) is 0 Å². The number of hydrogen-bond acceptors (Lipinski definition) is 4. The van der Waals surface area contributed by atoms with E-state index in [4.69, 9.17) is 16.3 Å². The maximum Gasteiger partial charge on any atom is 0.258 e. The molecule has 9 heteroatoms. The van der Waals surface area contributed by atoms with Gasteiger partial charge in [-0.25, -0.2) is 17.5 Å². The summed E-state index contributed by atoms with van der Waals surface area (Å²) >= 11 is 5.84. The van der Waals surface area contributed by atoms with Gasteiger partial charge in [0.05, 0.1) is 17.6 Å². The van der Waals surface area contributed by atoms with Crippen LogP contribution in [0, 0.1) is 5.82 Å². The van der Waals surface area contributed by atoms with E-state index in [-0.39, 0.29) is 17.0 Å². The van der Waals surface area contributed by atoms with Crippen molar-refractivity contribution in [1.29, 1.82) is 0 Å². The minimum atomic E-state index is -3.93. The molecule has 3 rings (SSSR count). The van der Waals surface area contributed by atoms with Gasteiger partial charge in [0.25, 0.3) is 5.91 Å². The van der Waals surface area contributed by atoms with Crippen LogP contribution in [0.2, 0.25) is 5.02 Å². The van der Waals surface area contributed by atoms with Gasteiger partial charge in [-0.05, 0) is 66.6 Å². The molecule has 162 valence electrons. The molecule has 6 nitrogen and oxygen atoms in total. The molecule has 0 fully saturated rings. The van der Waals surface area contributed by atoms with Gasteiger partial charge in [0.15, 0.2) is 0 Å². The van der Waals surface area contributed by atoms with Gasteiger partial charge in [-0.3, -0.25) is 4.79 Å². The van der Waals surface area contributed by atoms with Crippen LogP contribution in [-0.2, 0) is 16.4 Å². The Morgan fingerprint density at radius 1 is 1.03 bits per heavy atom. The number of carbonyl (C=O) groups excluding carboxylic acids is 1. The summed E-state index contributed by atoms with van der Waals surface area (Å²) in [4.78, 5) is 12.3. The highest BCUT2D eigenvalue weighted by Gasteiger charge is 2.19. The molecule has 0 aliphatic carbocycles. The second kappa shape index (κ2) is 9.91. The summed E-state index contributed by atoms with van der Waals surface area (Å²) in [7, 11) is -2.42. The summed E-state index contributed by atoms with van der Waals surface area (Å²) in [5, 5.41) is 3.13. The van der Waals surface area contributed by atoms with E-state index in [0.29, 0.717) is 22.9 Å². The molecule has 3 aromatic rings.